The molecule has 1 amide bonds. The summed E-state index contributed by atoms with van der Waals surface area (Å²) in [6.45, 7) is 0.780. The molecule has 16 heavy (non-hydrogen) atoms. The topological polar surface area (TPSA) is 52.9 Å². The molecule has 0 saturated heterocycles. The lowest BCUT2D eigenvalue weighted by Gasteiger charge is -2.34. The van der Waals surface area contributed by atoms with Crippen LogP contribution in [-0.2, 0) is 4.79 Å². The van der Waals surface area contributed by atoms with Gasteiger partial charge in [-0.3, -0.25) is 4.79 Å². The van der Waals surface area contributed by atoms with E-state index in [4.69, 9.17) is 5.26 Å². The van der Waals surface area contributed by atoms with Gasteiger partial charge in [-0.1, -0.05) is 19.3 Å². The molecule has 2 saturated carbocycles. The van der Waals surface area contributed by atoms with E-state index in [2.05, 4.69) is 11.4 Å². The molecule has 0 aromatic rings. The Morgan fingerprint density at radius 1 is 1.25 bits per heavy atom. The lowest BCUT2D eigenvalue weighted by Crippen LogP contribution is -2.46. The normalized spacial score (nSPS) is 24.2. The van der Waals surface area contributed by atoms with Gasteiger partial charge in [0.1, 0.15) is 5.41 Å². The smallest absolute Gasteiger partial charge is 0.240 e. The zero-order chi connectivity index (χ0) is 11.4. The number of nitrogens with one attached hydrogen (secondary N) is 1. The molecule has 0 aromatic carbocycles. The van der Waals surface area contributed by atoms with Gasteiger partial charge in [-0.25, -0.2) is 0 Å². The molecule has 0 bridgehead atoms. The molecule has 0 atom stereocenters. The summed E-state index contributed by atoms with van der Waals surface area (Å²) in [5.41, 5.74) is -0.672. The van der Waals surface area contributed by atoms with Gasteiger partial charge in [-0.05, 0) is 38.0 Å². The second-order valence-corrected chi connectivity index (χ2v) is 5.26. The van der Waals surface area contributed by atoms with Crippen molar-refractivity contribution < 1.29 is 4.79 Å². The zero-order valence-electron chi connectivity index (χ0n) is 9.80. The lowest BCUT2D eigenvalue weighted by molar-refractivity contribution is -0.132. The van der Waals surface area contributed by atoms with E-state index in [1.54, 1.807) is 0 Å². The predicted octanol–water partition coefficient (Wildman–Crippen LogP) is 2.38. The van der Waals surface area contributed by atoms with Gasteiger partial charge in [0.25, 0.3) is 0 Å². The Balaban J connectivity index is 1.77. The highest BCUT2D eigenvalue weighted by Gasteiger charge is 2.44. The van der Waals surface area contributed by atoms with Crippen molar-refractivity contribution in [3.8, 4) is 6.07 Å². The third-order valence-corrected chi connectivity index (χ3v) is 4.13. The molecular weight excluding hydrogens is 200 g/mol. The minimum absolute atomic E-state index is 0.0215. The summed E-state index contributed by atoms with van der Waals surface area (Å²) < 4.78 is 0. The Hall–Kier alpha value is -1.04. The van der Waals surface area contributed by atoms with Gasteiger partial charge in [0.05, 0.1) is 6.07 Å². The van der Waals surface area contributed by atoms with Crippen LogP contribution in [0.3, 0.4) is 0 Å². The van der Waals surface area contributed by atoms with Crippen molar-refractivity contribution in [3.63, 3.8) is 0 Å². The molecule has 0 aromatic heterocycles. The highest BCUT2D eigenvalue weighted by molar-refractivity contribution is 5.86. The molecule has 2 aliphatic carbocycles. The van der Waals surface area contributed by atoms with E-state index >= 15 is 0 Å². The number of carbonyl (C=O) groups excluding carboxylic acids is 1. The monoisotopic (exact) mass is 220 g/mol. The molecule has 1 N–H and O–H groups in total. The first kappa shape index (κ1) is 11.4. The fraction of sp³-hybridized carbons (Fsp3) is 0.846. The van der Waals surface area contributed by atoms with Crippen molar-refractivity contribution >= 4 is 5.91 Å². The van der Waals surface area contributed by atoms with Gasteiger partial charge in [0.15, 0.2) is 0 Å². The number of nitriles is 1. The number of amides is 1. The summed E-state index contributed by atoms with van der Waals surface area (Å²) in [6.07, 6.45) is 8.92. The Morgan fingerprint density at radius 3 is 2.44 bits per heavy atom. The van der Waals surface area contributed by atoms with E-state index in [0.717, 1.165) is 25.8 Å². The number of nitrogens with zero attached hydrogens (tertiary/aromatic N) is 1. The van der Waals surface area contributed by atoms with Crippen molar-refractivity contribution in [3.05, 3.63) is 0 Å². The molecule has 0 unspecified atom stereocenters. The van der Waals surface area contributed by atoms with Gasteiger partial charge in [0, 0.05) is 6.54 Å². The predicted molar refractivity (Wildman–Crippen MR) is 61.5 cm³/mol. The Bertz CT molecular complexity index is 296. The minimum atomic E-state index is -0.672. The van der Waals surface area contributed by atoms with Crippen LogP contribution in [-0.4, -0.2) is 12.5 Å². The third kappa shape index (κ3) is 2.21. The van der Waals surface area contributed by atoms with E-state index in [-0.39, 0.29) is 5.91 Å². The summed E-state index contributed by atoms with van der Waals surface area (Å²) in [5, 5.41) is 12.0. The zero-order valence-corrected chi connectivity index (χ0v) is 9.80. The molecular formula is C13H20N2O. The van der Waals surface area contributed by atoms with Crippen LogP contribution in [0.2, 0.25) is 0 Å². The molecule has 0 aliphatic heterocycles. The molecule has 88 valence electrons. The van der Waals surface area contributed by atoms with Gasteiger partial charge in [-0.15, -0.1) is 0 Å². The van der Waals surface area contributed by atoms with Crippen LogP contribution in [0.5, 0.6) is 0 Å². The van der Waals surface area contributed by atoms with Gasteiger partial charge in [0.2, 0.25) is 5.91 Å². The van der Waals surface area contributed by atoms with Crippen LogP contribution in [0, 0.1) is 22.7 Å². The van der Waals surface area contributed by atoms with Crippen molar-refractivity contribution in [2.24, 2.45) is 11.3 Å². The van der Waals surface area contributed by atoms with Crippen molar-refractivity contribution in [2.45, 2.75) is 51.4 Å². The van der Waals surface area contributed by atoms with E-state index in [9.17, 15) is 4.79 Å². The van der Waals surface area contributed by atoms with Crippen LogP contribution in [0.15, 0.2) is 0 Å². The van der Waals surface area contributed by atoms with E-state index < -0.39 is 5.41 Å². The second kappa shape index (κ2) is 4.86. The van der Waals surface area contributed by atoms with Gasteiger partial charge < -0.3 is 5.32 Å². The maximum atomic E-state index is 11.9. The first-order valence-corrected chi connectivity index (χ1v) is 6.46. The quantitative estimate of drug-likeness (QED) is 0.794. The van der Waals surface area contributed by atoms with Crippen LogP contribution >= 0.6 is 0 Å². The van der Waals surface area contributed by atoms with Crippen LogP contribution in [0.1, 0.15) is 51.4 Å². The maximum absolute atomic E-state index is 11.9. The molecule has 2 aliphatic rings. The highest BCUT2D eigenvalue weighted by Crippen LogP contribution is 2.40. The van der Waals surface area contributed by atoms with Crippen molar-refractivity contribution in [1.29, 1.82) is 5.26 Å². The van der Waals surface area contributed by atoms with Crippen LogP contribution < -0.4 is 5.32 Å². The van der Waals surface area contributed by atoms with Gasteiger partial charge >= 0.3 is 0 Å². The summed E-state index contributed by atoms with van der Waals surface area (Å²) in [4.78, 5) is 11.9. The third-order valence-electron chi connectivity index (χ3n) is 4.13. The Labute approximate surface area is 97.2 Å². The minimum Gasteiger partial charge on any atom is -0.354 e. The second-order valence-electron chi connectivity index (χ2n) is 5.26. The fourth-order valence-electron chi connectivity index (χ4n) is 2.72. The molecule has 3 nitrogen and oxygen atoms in total. The molecule has 2 fully saturated rings. The molecule has 2 rings (SSSR count). The summed E-state index contributed by atoms with van der Waals surface area (Å²) in [6, 6.07) is 2.19. The molecule has 0 radical (unpaired) electrons. The van der Waals surface area contributed by atoms with Crippen LogP contribution in [0.25, 0.3) is 0 Å². The highest BCUT2D eigenvalue weighted by atomic mass is 16.2. The standard InChI is InChI=1S/C13H20N2O/c14-10-13(7-4-8-13)12(16)15-9-11-5-2-1-3-6-11/h11H,1-9H2,(H,15,16). The van der Waals surface area contributed by atoms with E-state index in [1.807, 2.05) is 0 Å². The molecule has 3 heteroatoms. The van der Waals surface area contributed by atoms with Crippen molar-refractivity contribution in [1.82, 2.24) is 5.32 Å². The lowest BCUT2D eigenvalue weighted by atomic mass is 9.69. The fourth-order valence-corrected chi connectivity index (χ4v) is 2.72. The maximum Gasteiger partial charge on any atom is 0.240 e. The first-order valence-electron chi connectivity index (χ1n) is 6.46. The number of hydrogen-bond acceptors (Lipinski definition) is 2. The van der Waals surface area contributed by atoms with Crippen LogP contribution in [0.4, 0.5) is 0 Å². The largest absolute Gasteiger partial charge is 0.354 e. The summed E-state index contributed by atoms with van der Waals surface area (Å²) in [5.74, 6) is 0.625. The van der Waals surface area contributed by atoms with Gasteiger partial charge in [-0.2, -0.15) is 5.26 Å². The van der Waals surface area contributed by atoms with Crippen molar-refractivity contribution in [2.75, 3.05) is 6.54 Å². The molecule has 0 heterocycles. The number of rotatable bonds is 3. The molecule has 0 spiro atoms. The van der Waals surface area contributed by atoms with E-state index in [0.29, 0.717) is 5.92 Å². The number of hydrogen-bond donors (Lipinski definition) is 1. The Morgan fingerprint density at radius 2 is 1.94 bits per heavy atom. The Kier molecular flexibility index (Phi) is 3.48. The average molecular weight is 220 g/mol. The van der Waals surface area contributed by atoms with E-state index in [1.165, 1.54) is 32.1 Å². The number of carbonyl (C=O) groups is 1. The first-order chi connectivity index (χ1) is 7.77. The SMILES string of the molecule is N#CC1(C(=O)NCC2CCCCC2)CCC1. The average Bonchev–Trinajstić information content (AvgIpc) is 2.27. The summed E-state index contributed by atoms with van der Waals surface area (Å²) >= 11 is 0. The summed E-state index contributed by atoms with van der Waals surface area (Å²) in [7, 11) is 0.